The molecule has 0 spiro atoms. The molecule has 0 aromatic heterocycles. The first-order valence-corrected chi connectivity index (χ1v) is 7.27. The second-order valence-corrected chi connectivity index (χ2v) is 5.74. The summed E-state index contributed by atoms with van der Waals surface area (Å²) in [5, 5.41) is 6.50. The molecule has 0 radical (unpaired) electrons. The monoisotopic (exact) mass is 352 g/mol. The SMILES string of the molecule is Cc1ccc(NC(=S)Nc2cccc(F)c2C)c(Br)c1. The summed E-state index contributed by atoms with van der Waals surface area (Å²) in [4.78, 5) is 0. The van der Waals surface area contributed by atoms with Gasteiger partial charge in [-0.05, 0) is 71.8 Å². The van der Waals surface area contributed by atoms with Crippen LogP contribution >= 0.6 is 28.1 Å². The van der Waals surface area contributed by atoms with Crippen molar-refractivity contribution in [3.8, 4) is 0 Å². The summed E-state index contributed by atoms with van der Waals surface area (Å²) in [6, 6.07) is 10.8. The van der Waals surface area contributed by atoms with Crippen molar-refractivity contribution in [1.82, 2.24) is 0 Å². The van der Waals surface area contributed by atoms with E-state index in [1.165, 1.54) is 6.07 Å². The normalized spacial score (nSPS) is 10.2. The van der Waals surface area contributed by atoms with Crippen molar-refractivity contribution in [2.45, 2.75) is 13.8 Å². The molecule has 0 amide bonds. The standard InChI is InChI=1S/C15H14BrFN2S/c1-9-6-7-14(11(16)8-9)19-15(20)18-13-5-3-4-12(17)10(13)2/h3-8H,1-2H3,(H2,18,19,20). The number of benzene rings is 2. The van der Waals surface area contributed by atoms with Crippen molar-refractivity contribution < 1.29 is 4.39 Å². The Labute approximate surface area is 131 Å². The second-order valence-electron chi connectivity index (χ2n) is 4.47. The fourth-order valence-corrected chi connectivity index (χ4v) is 2.55. The molecular weight excluding hydrogens is 339 g/mol. The van der Waals surface area contributed by atoms with Gasteiger partial charge in [-0.2, -0.15) is 0 Å². The third-order valence-corrected chi connectivity index (χ3v) is 3.75. The van der Waals surface area contributed by atoms with E-state index in [-0.39, 0.29) is 5.82 Å². The molecule has 2 aromatic rings. The van der Waals surface area contributed by atoms with Crippen molar-refractivity contribution in [2.75, 3.05) is 10.6 Å². The molecule has 2 N–H and O–H groups in total. The maximum Gasteiger partial charge on any atom is 0.175 e. The zero-order chi connectivity index (χ0) is 14.7. The summed E-state index contributed by atoms with van der Waals surface area (Å²) in [6.45, 7) is 3.73. The molecule has 0 aliphatic rings. The topological polar surface area (TPSA) is 24.1 Å². The molecule has 2 nitrogen and oxygen atoms in total. The Kier molecular flexibility index (Phi) is 4.73. The largest absolute Gasteiger partial charge is 0.332 e. The number of anilines is 2. The Balaban J connectivity index is 2.11. The summed E-state index contributed by atoms with van der Waals surface area (Å²) >= 11 is 8.73. The average Bonchev–Trinajstić information content (AvgIpc) is 2.38. The zero-order valence-electron chi connectivity index (χ0n) is 11.1. The van der Waals surface area contributed by atoms with Gasteiger partial charge in [0.2, 0.25) is 0 Å². The lowest BCUT2D eigenvalue weighted by molar-refractivity contribution is 0.619. The Morgan fingerprint density at radius 3 is 2.50 bits per heavy atom. The van der Waals surface area contributed by atoms with Crippen LogP contribution in [0.25, 0.3) is 0 Å². The van der Waals surface area contributed by atoms with Gasteiger partial charge >= 0.3 is 0 Å². The van der Waals surface area contributed by atoms with Crippen LogP contribution in [-0.2, 0) is 0 Å². The molecule has 2 aromatic carbocycles. The molecule has 104 valence electrons. The van der Waals surface area contributed by atoms with E-state index in [9.17, 15) is 4.39 Å². The Morgan fingerprint density at radius 1 is 1.10 bits per heavy atom. The molecule has 0 unspecified atom stereocenters. The van der Waals surface area contributed by atoms with Gasteiger partial charge < -0.3 is 10.6 Å². The second kappa shape index (κ2) is 6.33. The average molecular weight is 353 g/mol. The summed E-state index contributed by atoms with van der Waals surface area (Å²) in [5.74, 6) is -0.255. The molecule has 0 saturated carbocycles. The van der Waals surface area contributed by atoms with Crippen LogP contribution in [0.5, 0.6) is 0 Å². The molecule has 0 fully saturated rings. The van der Waals surface area contributed by atoms with Gasteiger partial charge in [-0.1, -0.05) is 12.1 Å². The lowest BCUT2D eigenvalue weighted by Gasteiger charge is -2.14. The number of nitrogens with one attached hydrogen (secondary N) is 2. The molecular formula is C15H14BrFN2S. The molecule has 2 rings (SSSR count). The first kappa shape index (κ1) is 14.9. The van der Waals surface area contributed by atoms with Crippen LogP contribution in [0.2, 0.25) is 0 Å². The van der Waals surface area contributed by atoms with E-state index in [1.807, 2.05) is 25.1 Å². The van der Waals surface area contributed by atoms with Gasteiger partial charge in [-0.25, -0.2) is 4.39 Å². The quantitative estimate of drug-likeness (QED) is 0.742. The highest BCUT2D eigenvalue weighted by atomic mass is 79.9. The number of hydrogen-bond donors (Lipinski definition) is 2. The number of halogens is 2. The van der Waals surface area contributed by atoms with Gasteiger partial charge in [-0.3, -0.25) is 0 Å². The molecule has 0 bridgehead atoms. The van der Waals surface area contributed by atoms with Crippen LogP contribution < -0.4 is 10.6 Å². The Bertz CT molecular complexity index is 658. The van der Waals surface area contributed by atoms with E-state index >= 15 is 0 Å². The van der Waals surface area contributed by atoms with Crippen molar-refractivity contribution in [1.29, 1.82) is 0 Å². The number of hydrogen-bond acceptors (Lipinski definition) is 1. The van der Waals surface area contributed by atoms with Gasteiger partial charge in [0.05, 0.1) is 5.69 Å². The van der Waals surface area contributed by atoms with Crippen LogP contribution in [-0.4, -0.2) is 5.11 Å². The van der Waals surface area contributed by atoms with E-state index < -0.39 is 0 Å². The van der Waals surface area contributed by atoms with Crippen molar-refractivity contribution >= 4 is 44.6 Å². The Hall–Kier alpha value is -1.46. The number of aryl methyl sites for hydroxylation is 1. The third-order valence-electron chi connectivity index (χ3n) is 2.89. The van der Waals surface area contributed by atoms with Crippen LogP contribution in [0.3, 0.4) is 0 Å². The molecule has 0 saturated heterocycles. The highest BCUT2D eigenvalue weighted by Crippen LogP contribution is 2.24. The smallest absolute Gasteiger partial charge is 0.175 e. The van der Waals surface area contributed by atoms with E-state index in [0.29, 0.717) is 16.4 Å². The van der Waals surface area contributed by atoms with Crippen LogP contribution in [0.15, 0.2) is 40.9 Å². The maximum absolute atomic E-state index is 13.5. The van der Waals surface area contributed by atoms with Crippen molar-refractivity contribution in [3.05, 3.63) is 57.8 Å². The van der Waals surface area contributed by atoms with E-state index in [4.69, 9.17) is 12.2 Å². The van der Waals surface area contributed by atoms with Crippen LogP contribution in [0.1, 0.15) is 11.1 Å². The van der Waals surface area contributed by atoms with Crippen molar-refractivity contribution in [2.24, 2.45) is 0 Å². The van der Waals surface area contributed by atoms with Crippen LogP contribution in [0.4, 0.5) is 15.8 Å². The molecule has 0 heterocycles. The van der Waals surface area contributed by atoms with Crippen molar-refractivity contribution in [3.63, 3.8) is 0 Å². The number of thiocarbonyl (C=S) groups is 1. The van der Waals surface area contributed by atoms with E-state index in [0.717, 1.165) is 15.7 Å². The number of rotatable bonds is 2. The van der Waals surface area contributed by atoms with Gasteiger partial charge in [0.1, 0.15) is 5.82 Å². The predicted molar refractivity (Wildman–Crippen MR) is 89.9 cm³/mol. The van der Waals surface area contributed by atoms with E-state index in [2.05, 4.69) is 26.6 Å². The van der Waals surface area contributed by atoms with Gasteiger partial charge in [-0.15, -0.1) is 0 Å². The molecule has 5 heteroatoms. The first-order chi connectivity index (χ1) is 9.47. The maximum atomic E-state index is 13.5. The lowest BCUT2D eigenvalue weighted by atomic mass is 10.2. The summed E-state index contributed by atoms with van der Waals surface area (Å²) in [5.41, 5.74) is 3.22. The molecule has 0 atom stereocenters. The minimum Gasteiger partial charge on any atom is -0.332 e. The summed E-state index contributed by atoms with van der Waals surface area (Å²) in [7, 11) is 0. The fraction of sp³-hybridized carbons (Fsp3) is 0.133. The Morgan fingerprint density at radius 2 is 1.80 bits per heavy atom. The zero-order valence-corrected chi connectivity index (χ0v) is 13.5. The summed E-state index contributed by atoms with van der Waals surface area (Å²) in [6.07, 6.45) is 0. The minimum absolute atomic E-state index is 0.255. The molecule has 0 aliphatic carbocycles. The minimum atomic E-state index is -0.255. The molecule has 0 aliphatic heterocycles. The summed E-state index contributed by atoms with van der Waals surface area (Å²) < 4.78 is 14.4. The highest BCUT2D eigenvalue weighted by Gasteiger charge is 2.06. The lowest BCUT2D eigenvalue weighted by Crippen LogP contribution is -2.20. The predicted octanol–water partition coefficient (Wildman–Crippen LogP) is 5.01. The van der Waals surface area contributed by atoms with Crippen LogP contribution in [0, 0.1) is 19.7 Å². The fourth-order valence-electron chi connectivity index (χ4n) is 1.74. The van der Waals surface area contributed by atoms with Gasteiger partial charge in [0, 0.05) is 15.7 Å². The third kappa shape index (κ3) is 3.55. The van der Waals surface area contributed by atoms with E-state index in [1.54, 1.807) is 19.1 Å². The first-order valence-electron chi connectivity index (χ1n) is 6.06. The van der Waals surface area contributed by atoms with Gasteiger partial charge in [0.25, 0.3) is 0 Å². The van der Waals surface area contributed by atoms with Gasteiger partial charge in [0.15, 0.2) is 5.11 Å². The highest BCUT2D eigenvalue weighted by molar-refractivity contribution is 9.10. The molecule has 20 heavy (non-hydrogen) atoms.